The minimum Gasteiger partial charge on any atom is -0.396 e. The first-order valence-corrected chi connectivity index (χ1v) is 12.2. The molecule has 0 radical (unpaired) electrons. The number of benzene rings is 3. The SMILES string of the molecule is O=C(NCc1ccccc1Cl)C(CCO)N1CCC(=C(c2ccccc2)c2ccccc2)CC1. The molecule has 5 heteroatoms. The Morgan fingerprint density at radius 1 is 0.882 bits per heavy atom. The standard InChI is InChI=1S/C29H31ClN2O2/c30-26-14-8-7-13-25(26)21-31-29(34)27(17-20-33)32-18-15-24(16-19-32)28(22-9-3-1-4-10-22)23-11-5-2-6-12-23/h1-14,27,33H,15-21H2,(H,31,34). The lowest BCUT2D eigenvalue weighted by atomic mass is 9.88. The van der Waals surface area contributed by atoms with Crippen LogP contribution in [0.5, 0.6) is 0 Å². The van der Waals surface area contributed by atoms with Crippen molar-refractivity contribution in [3.05, 3.63) is 112 Å². The van der Waals surface area contributed by atoms with E-state index < -0.39 is 0 Å². The number of nitrogens with one attached hydrogen (secondary N) is 1. The summed E-state index contributed by atoms with van der Waals surface area (Å²) >= 11 is 6.24. The van der Waals surface area contributed by atoms with Crippen molar-refractivity contribution in [1.82, 2.24) is 10.2 Å². The molecule has 1 saturated heterocycles. The van der Waals surface area contributed by atoms with Gasteiger partial charge in [0.05, 0.1) is 6.04 Å². The van der Waals surface area contributed by atoms with E-state index in [0.29, 0.717) is 18.0 Å². The van der Waals surface area contributed by atoms with Crippen molar-refractivity contribution in [2.24, 2.45) is 0 Å². The number of rotatable bonds is 8. The number of aliphatic hydroxyl groups excluding tert-OH is 1. The van der Waals surface area contributed by atoms with E-state index in [0.717, 1.165) is 31.5 Å². The van der Waals surface area contributed by atoms with Crippen molar-refractivity contribution in [3.63, 3.8) is 0 Å². The summed E-state index contributed by atoms with van der Waals surface area (Å²) in [5, 5.41) is 13.3. The molecule has 176 valence electrons. The second kappa shape index (κ2) is 12.0. The summed E-state index contributed by atoms with van der Waals surface area (Å²) in [5.74, 6) is -0.0623. The minimum atomic E-state index is -0.356. The maximum Gasteiger partial charge on any atom is 0.237 e. The molecule has 0 saturated carbocycles. The number of halogens is 1. The van der Waals surface area contributed by atoms with Gasteiger partial charge in [-0.3, -0.25) is 9.69 Å². The molecule has 0 spiro atoms. The second-order valence-electron chi connectivity index (χ2n) is 8.58. The molecule has 3 aromatic carbocycles. The molecule has 1 unspecified atom stereocenters. The molecular weight excluding hydrogens is 444 g/mol. The fourth-order valence-electron chi connectivity index (χ4n) is 4.68. The monoisotopic (exact) mass is 474 g/mol. The van der Waals surface area contributed by atoms with Gasteiger partial charge in [0.2, 0.25) is 5.91 Å². The van der Waals surface area contributed by atoms with Crippen LogP contribution in [0.3, 0.4) is 0 Å². The highest BCUT2D eigenvalue weighted by atomic mass is 35.5. The number of hydrogen-bond donors (Lipinski definition) is 2. The molecule has 4 nitrogen and oxygen atoms in total. The fraction of sp³-hybridized carbons (Fsp3) is 0.276. The molecule has 1 atom stereocenters. The van der Waals surface area contributed by atoms with Crippen molar-refractivity contribution < 1.29 is 9.90 Å². The summed E-state index contributed by atoms with van der Waals surface area (Å²) in [5.41, 5.74) is 6.04. The number of carbonyl (C=O) groups is 1. The lowest BCUT2D eigenvalue weighted by Crippen LogP contribution is -2.49. The number of nitrogens with zero attached hydrogens (tertiary/aromatic N) is 1. The summed E-state index contributed by atoms with van der Waals surface area (Å²) in [6, 6.07) is 28.2. The predicted molar refractivity (Wildman–Crippen MR) is 139 cm³/mol. The van der Waals surface area contributed by atoms with Crippen molar-refractivity contribution in [3.8, 4) is 0 Å². The number of aliphatic hydroxyl groups is 1. The van der Waals surface area contributed by atoms with E-state index in [-0.39, 0.29) is 18.6 Å². The smallest absolute Gasteiger partial charge is 0.237 e. The lowest BCUT2D eigenvalue weighted by molar-refractivity contribution is -0.127. The molecule has 1 amide bonds. The molecule has 1 fully saturated rings. The van der Waals surface area contributed by atoms with E-state index in [2.05, 4.69) is 58.7 Å². The Hall–Kier alpha value is -2.92. The third kappa shape index (κ3) is 5.95. The highest BCUT2D eigenvalue weighted by Gasteiger charge is 2.29. The van der Waals surface area contributed by atoms with Gasteiger partial charge in [-0.2, -0.15) is 0 Å². The van der Waals surface area contributed by atoms with Crippen molar-refractivity contribution in [1.29, 1.82) is 0 Å². The van der Waals surface area contributed by atoms with Gasteiger partial charge in [0.25, 0.3) is 0 Å². The Morgan fingerprint density at radius 3 is 2.00 bits per heavy atom. The molecule has 2 N–H and O–H groups in total. The van der Waals surface area contributed by atoms with Crippen LogP contribution in [0.15, 0.2) is 90.5 Å². The number of likely N-dealkylation sites (tertiary alicyclic amines) is 1. The summed E-state index contributed by atoms with van der Waals surface area (Å²) in [6.07, 6.45) is 2.19. The van der Waals surface area contributed by atoms with Crippen LogP contribution in [0.25, 0.3) is 5.57 Å². The molecule has 0 bridgehead atoms. The zero-order valence-corrected chi connectivity index (χ0v) is 20.0. The van der Waals surface area contributed by atoms with Crippen LogP contribution in [0, 0.1) is 0 Å². The van der Waals surface area contributed by atoms with Crippen LogP contribution in [-0.4, -0.2) is 41.7 Å². The Balaban J connectivity index is 1.49. The van der Waals surface area contributed by atoms with Gasteiger partial charge in [-0.1, -0.05) is 96.0 Å². The molecule has 3 aromatic rings. The lowest BCUT2D eigenvalue weighted by Gasteiger charge is -2.35. The Kier molecular flexibility index (Phi) is 8.53. The molecule has 0 aliphatic carbocycles. The van der Waals surface area contributed by atoms with E-state index in [4.69, 9.17) is 11.6 Å². The highest BCUT2D eigenvalue weighted by Crippen LogP contribution is 2.33. The molecule has 1 aliphatic rings. The van der Waals surface area contributed by atoms with Gasteiger partial charge in [0.1, 0.15) is 0 Å². The van der Waals surface area contributed by atoms with E-state index in [1.54, 1.807) is 0 Å². The Labute approximate surface area is 206 Å². The van der Waals surface area contributed by atoms with E-state index in [1.165, 1.54) is 22.3 Å². The third-order valence-corrected chi connectivity index (χ3v) is 6.81. The van der Waals surface area contributed by atoms with E-state index in [1.807, 2.05) is 36.4 Å². The number of piperidine rings is 1. The highest BCUT2D eigenvalue weighted by molar-refractivity contribution is 6.31. The summed E-state index contributed by atoms with van der Waals surface area (Å²) in [4.78, 5) is 15.3. The van der Waals surface area contributed by atoms with Crippen molar-refractivity contribution >= 4 is 23.1 Å². The zero-order chi connectivity index (χ0) is 23.8. The molecule has 0 aromatic heterocycles. The van der Waals surface area contributed by atoms with Gasteiger partial charge < -0.3 is 10.4 Å². The zero-order valence-electron chi connectivity index (χ0n) is 19.3. The van der Waals surface area contributed by atoms with Gasteiger partial charge in [0, 0.05) is 31.3 Å². The maximum absolute atomic E-state index is 13.1. The average molecular weight is 475 g/mol. The van der Waals surface area contributed by atoms with Crippen LogP contribution in [0.4, 0.5) is 0 Å². The van der Waals surface area contributed by atoms with Crippen molar-refractivity contribution in [2.45, 2.75) is 31.8 Å². The topological polar surface area (TPSA) is 52.6 Å². The van der Waals surface area contributed by atoms with E-state index >= 15 is 0 Å². The summed E-state index contributed by atoms with van der Waals surface area (Å²) in [6.45, 7) is 1.92. The first-order valence-electron chi connectivity index (χ1n) is 11.9. The largest absolute Gasteiger partial charge is 0.396 e. The fourth-order valence-corrected chi connectivity index (χ4v) is 4.89. The van der Waals surface area contributed by atoms with Gasteiger partial charge in [0.15, 0.2) is 0 Å². The first-order chi connectivity index (χ1) is 16.7. The summed E-state index contributed by atoms with van der Waals surface area (Å²) < 4.78 is 0. The summed E-state index contributed by atoms with van der Waals surface area (Å²) in [7, 11) is 0. The van der Waals surface area contributed by atoms with Gasteiger partial charge in [-0.15, -0.1) is 0 Å². The molecule has 4 rings (SSSR count). The molecule has 34 heavy (non-hydrogen) atoms. The van der Waals surface area contributed by atoms with Crippen LogP contribution < -0.4 is 5.32 Å². The quantitative estimate of drug-likeness (QED) is 0.465. The predicted octanol–water partition coefficient (Wildman–Crippen LogP) is 5.31. The second-order valence-corrected chi connectivity index (χ2v) is 8.99. The van der Waals surface area contributed by atoms with Gasteiger partial charge in [-0.05, 0) is 47.6 Å². The van der Waals surface area contributed by atoms with Crippen LogP contribution >= 0.6 is 11.6 Å². The molecular formula is C29H31ClN2O2. The Morgan fingerprint density at radius 2 is 1.44 bits per heavy atom. The minimum absolute atomic E-state index is 0.0251. The van der Waals surface area contributed by atoms with Gasteiger partial charge >= 0.3 is 0 Å². The Bertz CT molecular complexity index is 1060. The average Bonchev–Trinajstić information content (AvgIpc) is 2.89. The maximum atomic E-state index is 13.1. The van der Waals surface area contributed by atoms with Crippen LogP contribution in [-0.2, 0) is 11.3 Å². The normalized spacial score (nSPS) is 15.1. The van der Waals surface area contributed by atoms with Gasteiger partial charge in [-0.25, -0.2) is 0 Å². The molecule has 1 aliphatic heterocycles. The van der Waals surface area contributed by atoms with Crippen LogP contribution in [0.1, 0.15) is 36.0 Å². The third-order valence-electron chi connectivity index (χ3n) is 6.44. The van der Waals surface area contributed by atoms with Crippen LogP contribution in [0.2, 0.25) is 5.02 Å². The number of hydrogen-bond acceptors (Lipinski definition) is 3. The number of amides is 1. The number of carbonyl (C=O) groups excluding carboxylic acids is 1. The first kappa shape index (κ1) is 24.2. The van der Waals surface area contributed by atoms with E-state index in [9.17, 15) is 9.90 Å². The van der Waals surface area contributed by atoms with Crippen molar-refractivity contribution in [2.75, 3.05) is 19.7 Å². The molecule has 1 heterocycles.